The fourth-order valence-corrected chi connectivity index (χ4v) is 3.45. The number of halogens is 3. The molecular weight excluding hydrogens is 363 g/mol. The highest BCUT2D eigenvalue weighted by atomic mass is 19.4. The third kappa shape index (κ3) is 4.23. The molecule has 3 amide bonds. The van der Waals surface area contributed by atoms with Gasteiger partial charge in [0.1, 0.15) is 6.04 Å². The highest BCUT2D eigenvalue weighted by Gasteiger charge is 2.37. The topological polar surface area (TPSA) is 69.7 Å². The molecule has 0 aliphatic carbocycles. The predicted molar refractivity (Wildman–Crippen MR) is 89.7 cm³/mol. The van der Waals surface area contributed by atoms with Crippen LogP contribution in [0.2, 0.25) is 0 Å². The largest absolute Gasteiger partial charge is 0.417 e. The van der Waals surface area contributed by atoms with Gasteiger partial charge in [0.2, 0.25) is 11.8 Å². The number of hydrogen-bond acceptors (Lipinski definition) is 3. The van der Waals surface area contributed by atoms with E-state index in [0.29, 0.717) is 25.8 Å². The molecule has 3 rings (SSSR count). The van der Waals surface area contributed by atoms with Crippen molar-refractivity contribution in [2.45, 2.75) is 31.5 Å². The molecule has 6 nitrogen and oxygen atoms in total. The Hall–Kier alpha value is -2.58. The van der Waals surface area contributed by atoms with E-state index in [2.05, 4.69) is 5.32 Å². The Labute approximate surface area is 154 Å². The maximum Gasteiger partial charge on any atom is 0.417 e. The van der Waals surface area contributed by atoms with Gasteiger partial charge in [-0.05, 0) is 25.0 Å². The summed E-state index contributed by atoms with van der Waals surface area (Å²) in [7, 11) is 0. The van der Waals surface area contributed by atoms with Crippen LogP contribution < -0.4 is 5.32 Å². The minimum atomic E-state index is -4.61. The number of hydrogen-bond donors (Lipinski definition) is 1. The molecular formula is C18H20F3N3O3. The normalized spacial score (nSPS) is 21.0. The lowest BCUT2D eigenvalue weighted by molar-refractivity contribution is -0.138. The maximum atomic E-state index is 13.2. The Kier molecular flexibility index (Phi) is 5.38. The fraction of sp³-hybridized carbons (Fsp3) is 0.500. The highest BCUT2D eigenvalue weighted by molar-refractivity contribution is 5.96. The van der Waals surface area contributed by atoms with Crippen LogP contribution in [0, 0.1) is 0 Å². The van der Waals surface area contributed by atoms with Crippen LogP contribution in [0.3, 0.4) is 0 Å². The zero-order valence-corrected chi connectivity index (χ0v) is 14.6. The number of carbonyl (C=O) groups is 3. The van der Waals surface area contributed by atoms with E-state index in [4.69, 9.17) is 0 Å². The quantitative estimate of drug-likeness (QED) is 0.845. The monoisotopic (exact) mass is 383 g/mol. The van der Waals surface area contributed by atoms with E-state index < -0.39 is 23.7 Å². The number of amides is 3. The lowest BCUT2D eigenvalue weighted by Crippen LogP contribution is -2.46. The van der Waals surface area contributed by atoms with Crippen molar-refractivity contribution in [3.05, 3.63) is 35.4 Å². The first kappa shape index (κ1) is 19.2. The van der Waals surface area contributed by atoms with E-state index >= 15 is 0 Å². The van der Waals surface area contributed by atoms with Crippen molar-refractivity contribution >= 4 is 17.7 Å². The molecule has 146 valence electrons. The molecule has 0 bridgehead atoms. The van der Waals surface area contributed by atoms with Gasteiger partial charge in [-0.1, -0.05) is 12.1 Å². The Morgan fingerprint density at radius 2 is 1.70 bits per heavy atom. The average Bonchev–Trinajstić information content (AvgIpc) is 2.92. The number of rotatable bonds is 2. The van der Waals surface area contributed by atoms with E-state index in [0.717, 1.165) is 6.07 Å². The number of nitrogens with one attached hydrogen (secondary N) is 1. The van der Waals surface area contributed by atoms with E-state index in [9.17, 15) is 27.6 Å². The summed E-state index contributed by atoms with van der Waals surface area (Å²) in [4.78, 5) is 39.4. The Morgan fingerprint density at radius 3 is 2.37 bits per heavy atom. The Bertz CT molecular complexity index is 751. The number of carbonyl (C=O) groups excluding carboxylic acids is 3. The van der Waals surface area contributed by atoms with Gasteiger partial charge in [0, 0.05) is 32.6 Å². The first-order valence-electron chi connectivity index (χ1n) is 8.81. The van der Waals surface area contributed by atoms with Gasteiger partial charge >= 0.3 is 6.18 Å². The van der Waals surface area contributed by atoms with Crippen LogP contribution in [-0.4, -0.2) is 59.7 Å². The van der Waals surface area contributed by atoms with Crippen LogP contribution in [0.25, 0.3) is 0 Å². The van der Waals surface area contributed by atoms with Crippen LogP contribution in [0.5, 0.6) is 0 Å². The van der Waals surface area contributed by atoms with Gasteiger partial charge in [0.05, 0.1) is 11.1 Å². The van der Waals surface area contributed by atoms with Crippen LogP contribution >= 0.6 is 0 Å². The smallest absolute Gasteiger partial charge is 0.344 e. The summed E-state index contributed by atoms with van der Waals surface area (Å²) in [5.41, 5.74) is -1.34. The van der Waals surface area contributed by atoms with E-state index in [1.165, 1.54) is 23.1 Å². The summed E-state index contributed by atoms with van der Waals surface area (Å²) in [5.74, 6) is -1.05. The van der Waals surface area contributed by atoms with Crippen molar-refractivity contribution in [3.8, 4) is 0 Å². The molecule has 0 radical (unpaired) electrons. The highest BCUT2D eigenvalue weighted by Crippen LogP contribution is 2.32. The van der Waals surface area contributed by atoms with Gasteiger partial charge in [0.25, 0.3) is 5.91 Å². The minimum Gasteiger partial charge on any atom is -0.344 e. The summed E-state index contributed by atoms with van der Waals surface area (Å²) in [6, 6.07) is 4.17. The van der Waals surface area contributed by atoms with Gasteiger partial charge in [-0.2, -0.15) is 13.2 Å². The third-order valence-corrected chi connectivity index (χ3v) is 4.85. The van der Waals surface area contributed by atoms with Gasteiger partial charge in [-0.15, -0.1) is 0 Å². The molecule has 2 heterocycles. The van der Waals surface area contributed by atoms with Crippen LogP contribution in [-0.2, 0) is 15.8 Å². The van der Waals surface area contributed by atoms with Crippen LogP contribution in [0.1, 0.15) is 35.2 Å². The van der Waals surface area contributed by atoms with Gasteiger partial charge in [-0.3, -0.25) is 14.4 Å². The maximum absolute atomic E-state index is 13.2. The first-order valence-corrected chi connectivity index (χ1v) is 8.81. The van der Waals surface area contributed by atoms with Gasteiger partial charge in [-0.25, -0.2) is 0 Å². The van der Waals surface area contributed by atoms with E-state index in [-0.39, 0.29) is 37.0 Å². The number of nitrogens with zero attached hydrogens (tertiary/aromatic N) is 2. The molecule has 0 aromatic heterocycles. The Balaban J connectivity index is 1.69. The summed E-state index contributed by atoms with van der Waals surface area (Å²) in [5, 5.41) is 2.62. The zero-order valence-electron chi connectivity index (χ0n) is 14.6. The molecule has 2 fully saturated rings. The first-order chi connectivity index (χ1) is 12.8. The summed E-state index contributed by atoms with van der Waals surface area (Å²) in [6.07, 6.45) is -3.40. The molecule has 27 heavy (non-hydrogen) atoms. The molecule has 0 spiro atoms. The van der Waals surface area contributed by atoms with Crippen molar-refractivity contribution in [2.75, 3.05) is 26.2 Å². The number of benzene rings is 1. The van der Waals surface area contributed by atoms with Crippen molar-refractivity contribution in [1.82, 2.24) is 15.1 Å². The molecule has 2 aliphatic heterocycles. The van der Waals surface area contributed by atoms with Crippen LogP contribution in [0.15, 0.2) is 24.3 Å². The van der Waals surface area contributed by atoms with E-state index in [1.54, 1.807) is 4.90 Å². The van der Waals surface area contributed by atoms with E-state index in [1.807, 2.05) is 0 Å². The lowest BCUT2D eigenvalue weighted by atomic mass is 10.1. The van der Waals surface area contributed by atoms with Gasteiger partial charge in [0.15, 0.2) is 0 Å². The molecule has 0 saturated carbocycles. The standard InChI is InChI=1S/C18H20F3N3O3/c19-18(20,21)13-5-2-1-4-12(13)16(26)23-8-3-9-24(11-10-23)17(27)14-6-7-15(25)22-14/h1-2,4-5,14H,3,6-11H2,(H,22,25). The molecule has 2 aliphatic rings. The summed E-state index contributed by atoms with van der Waals surface area (Å²) >= 11 is 0. The van der Waals surface area contributed by atoms with Gasteiger partial charge < -0.3 is 15.1 Å². The fourth-order valence-electron chi connectivity index (χ4n) is 3.45. The molecule has 1 N–H and O–H groups in total. The summed E-state index contributed by atoms with van der Waals surface area (Å²) < 4.78 is 39.5. The van der Waals surface area contributed by atoms with Crippen molar-refractivity contribution < 1.29 is 27.6 Å². The molecule has 1 atom stereocenters. The molecule has 1 aromatic carbocycles. The molecule has 9 heteroatoms. The SMILES string of the molecule is O=C1CCC(C(=O)N2CCCN(C(=O)c3ccccc3C(F)(F)F)CC2)N1. The third-order valence-electron chi connectivity index (χ3n) is 4.85. The average molecular weight is 383 g/mol. The molecule has 1 unspecified atom stereocenters. The zero-order chi connectivity index (χ0) is 19.6. The van der Waals surface area contributed by atoms with Crippen LogP contribution in [0.4, 0.5) is 13.2 Å². The van der Waals surface area contributed by atoms with Crippen molar-refractivity contribution in [3.63, 3.8) is 0 Å². The molecule has 1 aromatic rings. The second-order valence-corrected chi connectivity index (χ2v) is 6.67. The second kappa shape index (κ2) is 7.58. The number of alkyl halides is 3. The summed E-state index contributed by atoms with van der Waals surface area (Å²) in [6.45, 7) is 1.05. The second-order valence-electron chi connectivity index (χ2n) is 6.67. The van der Waals surface area contributed by atoms with Crippen molar-refractivity contribution in [1.29, 1.82) is 0 Å². The Morgan fingerprint density at radius 1 is 1.04 bits per heavy atom. The lowest BCUT2D eigenvalue weighted by Gasteiger charge is -2.25. The predicted octanol–water partition coefficient (Wildman–Crippen LogP) is 1.66. The minimum absolute atomic E-state index is 0.150. The molecule has 2 saturated heterocycles. The van der Waals surface area contributed by atoms with Crippen molar-refractivity contribution in [2.24, 2.45) is 0 Å².